The number of likely N-dealkylation sites (tertiary alicyclic amines) is 1. The largest absolute Gasteiger partial charge is 0.393 e. The first kappa shape index (κ1) is 17.9. The molecule has 3 nitrogen and oxygen atoms in total. The number of amides is 1. The van der Waals surface area contributed by atoms with Gasteiger partial charge in [0.1, 0.15) is 11.6 Å². The van der Waals surface area contributed by atoms with Crippen molar-refractivity contribution in [3.63, 3.8) is 0 Å². The molecule has 0 saturated carbocycles. The molecule has 1 amide bonds. The molecule has 2 aliphatic heterocycles. The molecule has 1 saturated heterocycles. The zero-order chi connectivity index (χ0) is 18.2. The second-order valence-corrected chi connectivity index (χ2v) is 6.64. The van der Waals surface area contributed by atoms with Gasteiger partial charge in [0.05, 0.1) is 18.2 Å². The SMILES string of the molecule is O=C(CN1CCCc2cc(F)cc(F)c21)N1CCCC(C(F)(F)F)C1. The van der Waals surface area contributed by atoms with Crippen LogP contribution in [0.2, 0.25) is 0 Å². The zero-order valence-corrected chi connectivity index (χ0v) is 13.6. The molecule has 1 fully saturated rings. The van der Waals surface area contributed by atoms with Gasteiger partial charge in [0, 0.05) is 25.7 Å². The number of hydrogen-bond acceptors (Lipinski definition) is 2. The molecular weight excluding hydrogens is 343 g/mol. The van der Waals surface area contributed by atoms with Crippen LogP contribution in [0.4, 0.5) is 27.6 Å². The Balaban J connectivity index is 1.72. The van der Waals surface area contributed by atoms with Gasteiger partial charge >= 0.3 is 6.18 Å². The highest BCUT2D eigenvalue weighted by atomic mass is 19.4. The molecule has 0 aromatic heterocycles. The summed E-state index contributed by atoms with van der Waals surface area (Å²) in [4.78, 5) is 15.2. The summed E-state index contributed by atoms with van der Waals surface area (Å²) in [7, 11) is 0. The van der Waals surface area contributed by atoms with Crippen molar-refractivity contribution >= 4 is 11.6 Å². The number of rotatable bonds is 2. The lowest BCUT2D eigenvalue weighted by molar-refractivity contribution is -0.187. The van der Waals surface area contributed by atoms with Crippen LogP contribution in [0.15, 0.2) is 12.1 Å². The first-order valence-electron chi connectivity index (χ1n) is 8.33. The van der Waals surface area contributed by atoms with Crippen LogP contribution >= 0.6 is 0 Å². The van der Waals surface area contributed by atoms with Gasteiger partial charge in [-0.1, -0.05) is 0 Å². The summed E-state index contributed by atoms with van der Waals surface area (Å²) >= 11 is 0. The van der Waals surface area contributed by atoms with Gasteiger partial charge in [-0.05, 0) is 37.3 Å². The average Bonchev–Trinajstić information content (AvgIpc) is 2.53. The predicted molar refractivity (Wildman–Crippen MR) is 82.3 cm³/mol. The summed E-state index contributed by atoms with van der Waals surface area (Å²) < 4.78 is 66.2. The van der Waals surface area contributed by atoms with Crippen LogP contribution in [0.3, 0.4) is 0 Å². The Morgan fingerprint density at radius 2 is 1.92 bits per heavy atom. The van der Waals surface area contributed by atoms with E-state index in [-0.39, 0.29) is 31.7 Å². The number of carbonyl (C=O) groups is 1. The van der Waals surface area contributed by atoms with E-state index in [0.29, 0.717) is 31.4 Å². The van der Waals surface area contributed by atoms with Crippen molar-refractivity contribution in [2.75, 3.05) is 31.1 Å². The monoisotopic (exact) mass is 362 g/mol. The van der Waals surface area contributed by atoms with Crippen LogP contribution in [0.25, 0.3) is 0 Å². The molecule has 3 rings (SSSR count). The van der Waals surface area contributed by atoms with Crippen molar-refractivity contribution < 1.29 is 26.7 Å². The van der Waals surface area contributed by atoms with Gasteiger partial charge in [0.25, 0.3) is 0 Å². The molecule has 2 heterocycles. The maximum Gasteiger partial charge on any atom is 0.393 e. The molecule has 1 atom stereocenters. The minimum absolute atomic E-state index is 0.0216. The summed E-state index contributed by atoms with van der Waals surface area (Å²) in [5, 5.41) is 0. The molecule has 0 spiro atoms. The van der Waals surface area contributed by atoms with Crippen molar-refractivity contribution in [3.05, 3.63) is 29.3 Å². The number of benzene rings is 1. The summed E-state index contributed by atoms with van der Waals surface area (Å²) in [6, 6.07) is 2.01. The van der Waals surface area contributed by atoms with E-state index < -0.39 is 29.6 Å². The van der Waals surface area contributed by atoms with Gasteiger partial charge in [0.15, 0.2) is 0 Å². The standard InChI is InChI=1S/C17H19F5N2O/c18-13-7-11-3-1-6-24(16(11)14(19)8-13)10-15(25)23-5-2-4-12(9-23)17(20,21)22/h7-8,12H,1-6,9-10H2. The van der Waals surface area contributed by atoms with Crippen LogP contribution in [0, 0.1) is 17.6 Å². The highest BCUT2D eigenvalue weighted by molar-refractivity contribution is 5.82. The molecule has 138 valence electrons. The number of aryl methyl sites for hydroxylation is 1. The Bertz CT molecular complexity index is 661. The van der Waals surface area contributed by atoms with Crippen LogP contribution < -0.4 is 4.90 Å². The quantitative estimate of drug-likeness (QED) is 0.752. The summed E-state index contributed by atoms with van der Waals surface area (Å²) in [5.41, 5.74) is 0.675. The Morgan fingerprint density at radius 3 is 2.64 bits per heavy atom. The van der Waals surface area contributed by atoms with Gasteiger partial charge in [-0.15, -0.1) is 0 Å². The maximum atomic E-state index is 14.1. The molecule has 0 bridgehead atoms. The van der Waals surface area contributed by atoms with Crippen LogP contribution in [-0.2, 0) is 11.2 Å². The van der Waals surface area contributed by atoms with Crippen LogP contribution in [0.1, 0.15) is 24.8 Å². The fourth-order valence-electron chi connectivity index (χ4n) is 3.63. The van der Waals surface area contributed by atoms with Crippen LogP contribution in [-0.4, -0.2) is 43.2 Å². The minimum Gasteiger partial charge on any atom is -0.360 e. The minimum atomic E-state index is -4.32. The number of piperidine rings is 1. The third kappa shape index (κ3) is 3.88. The van der Waals surface area contributed by atoms with Gasteiger partial charge in [-0.2, -0.15) is 13.2 Å². The smallest absolute Gasteiger partial charge is 0.360 e. The number of hydrogen-bond donors (Lipinski definition) is 0. The lowest BCUT2D eigenvalue weighted by Gasteiger charge is -2.37. The van der Waals surface area contributed by atoms with E-state index in [1.165, 1.54) is 15.9 Å². The number of nitrogens with zero attached hydrogens (tertiary/aromatic N) is 2. The second-order valence-electron chi connectivity index (χ2n) is 6.64. The average molecular weight is 362 g/mol. The van der Waals surface area contributed by atoms with Gasteiger partial charge in [0.2, 0.25) is 5.91 Å². The zero-order valence-electron chi connectivity index (χ0n) is 13.6. The number of carbonyl (C=O) groups excluding carboxylic acids is 1. The third-order valence-electron chi connectivity index (χ3n) is 4.86. The van der Waals surface area contributed by atoms with E-state index in [0.717, 1.165) is 6.07 Å². The van der Waals surface area contributed by atoms with Crippen molar-refractivity contribution in [1.82, 2.24) is 4.90 Å². The fraction of sp³-hybridized carbons (Fsp3) is 0.588. The molecule has 1 aromatic carbocycles. The summed E-state index contributed by atoms with van der Waals surface area (Å²) in [6.07, 6.45) is -2.86. The Labute approximate surface area is 142 Å². The predicted octanol–water partition coefficient (Wildman–Crippen LogP) is 3.52. The third-order valence-corrected chi connectivity index (χ3v) is 4.86. The van der Waals surface area contributed by atoms with E-state index in [4.69, 9.17) is 0 Å². The fourth-order valence-corrected chi connectivity index (χ4v) is 3.63. The topological polar surface area (TPSA) is 23.6 Å². The highest BCUT2D eigenvalue weighted by Gasteiger charge is 2.42. The summed E-state index contributed by atoms with van der Waals surface area (Å²) in [5.74, 6) is -3.38. The van der Waals surface area contributed by atoms with Crippen molar-refractivity contribution in [2.45, 2.75) is 31.9 Å². The molecule has 2 aliphatic rings. The number of alkyl halides is 3. The number of halogens is 5. The molecule has 0 aliphatic carbocycles. The lowest BCUT2D eigenvalue weighted by atomic mass is 9.97. The molecule has 25 heavy (non-hydrogen) atoms. The second kappa shape index (κ2) is 6.80. The molecule has 0 radical (unpaired) electrons. The van der Waals surface area contributed by atoms with Crippen LogP contribution in [0.5, 0.6) is 0 Å². The van der Waals surface area contributed by atoms with Crippen molar-refractivity contribution in [2.24, 2.45) is 5.92 Å². The lowest BCUT2D eigenvalue weighted by Crippen LogP contribution is -2.48. The molecule has 1 unspecified atom stereocenters. The van der Waals surface area contributed by atoms with E-state index in [9.17, 15) is 26.7 Å². The number of anilines is 1. The van der Waals surface area contributed by atoms with Gasteiger partial charge in [-0.3, -0.25) is 4.79 Å². The van der Waals surface area contributed by atoms with E-state index in [1.807, 2.05) is 0 Å². The first-order chi connectivity index (χ1) is 11.8. The Morgan fingerprint density at radius 1 is 1.16 bits per heavy atom. The summed E-state index contributed by atoms with van der Waals surface area (Å²) in [6.45, 7) is 0.144. The molecular formula is C17H19F5N2O. The first-order valence-corrected chi connectivity index (χ1v) is 8.33. The van der Waals surface area contributed by atoms with Crippen molar-refractivity contribution in [3.8, 4) is 0 Å². The molecule has 1 aromatic rings. The van der Waals surface area contributed by atoms with Crippen molar-refractivity contribution in [1.29, 1.82) is 0 Å². The highest BCUT2D eigenvalue weighted by Crippen LogP contribution is 2.34. The Hall–Kier alpha value is -1.86. The Kier molecular flexibility index (Phi) is 4.88. The van der Waals surface area contributed by atoms with Gasteiger partial charge < -0.3 is 9.80 Å². The number of fused-ring (bicyclic) bond motifs is 1. The van der Waals surface area contributed by atoms with E-state index >= 15 is 0 Å². The molecule has 8 heteroatoms. The van der Waals surface area contributed by atoms with E-state index in [2.05, 4.69) is 0 Å². The molecule has 0 N–H and O–H groups in total. The van der Waals surface area contributed by atoms with Gasteiger partial charge in [-0.25, -0.2) is 8.78 Å². The maximum absolute atomic E-state index is 14.1. The van der Waals surface area contributed by atoms with E-state index in [1.54, 1.807) is 0 Å². The normalized spacial score (nSPS) is 21.2.